The van der Waals surface area contributed by atoms with E-state index < -0.39 is 6.09 Å². The van der Waals surface area contributed by atoms with E-state index in [2.05, 4.69) is 45.5 Å². The fraction of sp³-hybridized carbons (Fsp3) is 0.444. The lowest BCUT2D eigenvalue weighted by Gasteiger charge is -2.33. The summed E-state index contributed by atoms with van der Waals surface area (Å²) in [6, 6.07) is 10.4. The molecule has 5 nitrogen and oxygen atoms in total. The van der Waals surface area contributed by atoms with E-state index in [1.807, 2.05) is 6.20 Å². The van der Waals surface area contributed by atoms with E-state index in [4.69, 9.17) is 5.11 Å². The van der Waals surface area contributed by atoms with E-state index in [0.717, 1.165) is 44.6 Å². The van der Waals surface area contributed by atoms with Crippen LogP contribution < -0.4 is 10.2 Å². The Bertz CT molecular complexity index is 661. The van der Waals surface area contributed by atoms with Crippen molar-refractivity contribution in [1.29, 1.82) is 0 Å². The maximum Gasteiger partial charge on any atom is 0.404 e. The Kier molecular flexibility index (Phi) is 4.95. The first-order valence-corrected chi connectivity index (χ1v) is 8.29. The van der Waals surface area contributed by atoms with Crippen molar-refractivity contribution in [2.24, 2.45) is 5.92 Å². The Labute approximate surface area is 136 Å². The standard InChI is InChI=1S/C18H23N3O2/c22-18(23)20-10-3-4-14-8-12-21(13-9-14)17-16-6-2-1-5-15(16)7-11-19-17/h1-2,5-7,11,14,20H,3-4,8-10,12-13H2,(H,22,23). The third-order valence-corrected chi connectivity index (χ3v) is 4.63. The molecule has 3 rings (SSSR count). The fourth-order valence-corrected chi connectivity index (χ4v) is 3.38. The van der Waals surface area contributed by atoms with Gasteiger partial charge < -0.3 is 15.3 Å². The van der Waals surface area contributed by atoms with Gasteiger partial charge in [-0.1, -0.05) is 24.3 Å². The number of benzene rings is 1. The van der Waals surface area contributed by atoms with Crippen molar-refractivity contribution in [3.05, 3.63) is 36.5 Å². The van der Waals surface area contributed by atoms with Gasteiger partial charge in [-0.15, -0.1) is 0 Å². The summed E-state index contributed by atoms with van der Waals surface area (Å²) < 4.78 is 0. The molecule has 0 bridgehead atoms. The summed E-state index contributed by atoms with van der Waals surface area (Å²) in [6.07, 6.45) is 5.28. The minimum Gasteiger partial charge on any atom is -0.465 e. The van der Waals surface area contributed by atoms with Gasteiger partial charge >= 0.3 is 6.09 Å². The molecule has 122 valence electrons. The van der Waals surface area contributed by atoms with Gasteiger partial charge in [0.2, 0.25) is 0 Å². The fourth-order valence-electron chi connectivity index (χ4n) is 3.38. The third kappa shape index (κ3) is 3.92. The molecular formula is C18H23N3O2. The highest BCUT2D eigenvalue weighted by molar-refractivity contribution is 5.92. The zero-order chi connectivity index (χ0) is 16.1. The van der Waals surface area contributed by atoms with Gasteiger partial charge in [-0.3, -0.25) is 0 Å². The second-order valence-corrected chi connectivity index (χ2v) is 6.16. The smallest absolute Gasteiger partial charge is 0.404 e. The monoisotopic (exact) mass is 313 g/mol. The third-order valence-electron chi connectivity index (χ3n) is 4.63. The van der Waals surface area contributed by atoms with Crippen molar-refractivity contribution in [2.75, 3.05) is 24.5 Å². The molecule has 1 amide bonds. The first-order valence-electron chi connectivity index (χ1n) is 8.29. The Morgan fingerprint density at radius 1 is 1.26 bits per heavy atom. The highest BCUT2D eigenvalue weighted by atomic mass is 16.4. The summed E-state index contributed by atoms with van der Waals surface area (Å²) in [6.45, 7) is 2.61. The van der Waals surface area contributed by atoms with Crippen LogP contribution in [0, 0.1) is 5.92 Å². The number of aromatic nitrogens is 1. The van der Waals surface area contributed by atoms with Crippen molar-refractivity contribution in [2.45, 2.75) is 25.7 Å². The molecule has 23 heavy (non-hydrogen) atoms. The van der Waals surface area contributed by atoms with Crippen LogP contribution in [0.2, 0.25) is 0 Å². The van der Waals surface area contributed by atoms with E-state index in [0.29, 0.717) is 12.5 Å². The van der Waals surface area contributed by atoms with Crippen LogP contribution in [-0.4, -0.2) is 35.8 Å². The second kappa shape index (κ2) is 7.31. The molecule has 0 aliphatic carbocycles. The van der Waals surface area contributed by atoms with Crippen LogP contribution >= 0.6 is 0 Å². The van der Waals surface area contributed by atoms with Crippen molar-refractivity contribution in [3.8, 4) is 0 Å². The molecule has 0 unspecified atom stereocenters. The number of anilines is 1. The quantitative estimate of drug-likeness (QED) is 0.829. The molecule has 5 heteroatoms. The number of nitrogens with one attached hydrogen (secondary N) is 1. The lowest BCUT2D eigenvalue weighted by atomic mass is 9.92. The van der Waals surface area contributed by atoms with Gasteiger partial charge in [-0.05, 0) is 43.1 Å². The molecule has 0 radical (unpaired) electrons. The van der Waals surface area contributed by atoms with Gasteiger partial charge in [-0.2, -0.15) is 0 Å². The summed E-state index contributed by atoms with van der Waals surface area (Å²) in [7, 11) is 0. The minimum atomic E-state index is -0.929. The number of fused-ring (bicyclic) bond motifs is 1. The largest absolute Gasteiger partial charge is 0.465 e. The number of hydrogen-bond acceptors (Lipinski definition) is 3. The number of pyridine rings is 1. The van der Waals surface area contributed by atoms with Gasteiger partial charge in [0, 0.05) is 31.2 Å². The number of nitrogens with zero attached hydrogens (tertiary/aromatic N) is 2. The van der Waals surface area contributed by atoms with Crippen molar-refractivity contribution in [3.63, 3.8) is 0 Å². The van der Waals surface area contributed by atoms with Crippen molar-refractivity contribution >= 4 is 22.7 Å². The molecule has 1 aromatic carbocycles. The number of amides is 1. The molecule has 1 fully saturated rings. The first-order chi connectivity index (χ1) is 11.2. The minimum absolute atomic E-state index is 0.556. The molecule has 1 aliphatic heterocycles. The van der Waals surface area contributed by atoms with Crippen LogP contribution in [0.3, 0.4) is 0 Å². The van der Waals surface area contributed by atoms with E-state index in [1.54, 1.807) is 0 Å². The molecule has 0 spiro atoms. The number of carbonyl (C=O) groups is 1. The SMILES string of the molecule is O=C(O)NCCCC1CCN(c2nccc3ccccc23)CC1. The van der Waals surface area contributed by atoms with E-state index >= 15 is 0 Å². The van der Waals surface area contributed by atoms with Crippen LogP contribution in [0.1, 0.15) is 25.7 Å². The number of piperidine rings is 1. The summed E-state index contributed by atoms with van der Waals surface area (Å²) >= 11 is 0. The summed E-state index contributed by atoms with van der Waals surface area (Å²) in [5, 5.41) is 13.5. The normalized spacial score (nSPS) is 15.7. The Balaban J connectivity index is 1.55. The maximum atomic E-state index is 10.4. The molecule has 1 saturated heterocycles. The topological polar surface area (TPSA) is 65.5 Å². The Hall–Kier alpha value is -2.30. The average Bonchev–Trinajstić information content (AvgIpc) is 2.59. The molecule has 2 N–H and O–H groups in total. The average molecular weight is 313 g/mol. The number of hydrogen-bond donors (Lipinski definition) is 2. The van der Waals surface area contributed by atoms with Crippen molar-refractivity contribution in [1.82, 2.24) is 10.3 Å². The molecule has 0 atom stereocenters. The lowest BCUT2D eigenvalue weighted by Crippen LogP contribution is -2.34. The van der Waals surface area contributed by atoms with Gasteiger partial charge in [0.15, 0.2) is 0 Å². The number of carboxylic acid groups (broad SMARTS) is 1. The predicted octanol–water partition coefficient (Wildman–Crippen LogP) is 3.50. The van der Waals surface area contributed by atoms with Gasteiger partial charge in [0.05, 0.1) is 0 Å². The molecule has 2 aromatic rings. The summed E-state index contributed by atoms with van der Waals surface area (Å²) in [5.74, 6) is 1.78. The molecular weight excluding hydrogens is 290 g/mol. The summed E-state index contributed by atoms with van der Waals surface area (Å²) in [4.78, 5) is 17.4. The molecule has 2 heterocycles. The lowest BCUT2D eigenvalue weighted by molar-refractivity contribution is 0.194. The maximum absolute atomic E-state index is 10.4. The van der Waals surface area contributed by atoms with Gasteiger partial charge in [0.1, 0.15) is 5.82 Å². The van der Waals surface area contributed by atoms with Crippen LogP contribution in [0.25, 0.3) is 10.8 Å². The van der Waals surface area contributed by atoms with Crippen LogP contribution in [-0.2, 0) is 0 Å². The molecule has 1 aliphatic rings. The van der Waals surface area contributed by atoms with Gasteiger partial charge in [0.25, 0.3) is 0 Å². The zero-order valence-electron chi connectivity index (χ0n) is 13.2. The summed E-state index contributed by atoms with van der Waals surface area (Å²) in [5.41, 5.74) is 0. The Morgan fingerprint density at radius 2 is 2.04 bits per heavy atom. The zero-order valence-corrected chi connectivity index (χ0v) is 13.2. The Morgan fingerprint density at radius 3 is 2.83 bits per heavy atom. The second-order valence-electron chi connectivity index (χ2n) is 6.16. The predicted molar refractivity (Wildman–Crippen MR) is 91.9 cm³/mol. The first kappa shape index (κ1) is 15.6. The van der Waals surface area contributed by atoms with E-state index in [1.165, 1.54) is 10.8 Å². The van der Waals surface area contributed by atoms with E-state index in [9.17, 15) is 4.79 Å². The van der Waals surface area contributed by atoms with Gasteiger partial charge in [-0.25, -0.2) is 9.78 Å². The molecule has 1 aromatic heterocycles. The highest BCUT2D eigenvalue weighted by Gasteiger charge is 2.21. The van der Waals surface area contributed by atoms with E-state index in [-0.39, 0.29) is 0 Å². The highest BCUT2D eigenvalue weighted by Crippen LogP contribution is 2.29. The van der Waals surface area contributed by atoms with Crippen LogP contribution in [0.15, 0.2) is 36.5 Å². The van der Waals surface area contributed by atoms with Crippen LogP contribution in [0.4, 0.5) is 10.6 Å². The van der Waals surface area contributed by atoms with Crippen molar-refractivity contribution < 1.29 is 9.90 Å². The molecule has 0 saturated carbocycles. The number of rotatable bonds is 5. The van der Waals surface area contributed by atoms with Crippen LogP contribution in [0.5, 0.6) is 0 Å².